The molecule has 1 atom stereocenters. The molecule has 1 saturated heterocycles. The maximum atomic E-state index is 11.7. The van der Waals surface area contributed by atoms with Gasteiger partial charge in [0, 0.05) is 43.3 Å². The molecule has 4 heterocycles. The molecule has 16 nitrogen and oxygen atoms in total. The average molecular weight is 678 g/mol. The number of hydrogen-bond acceptors (Lipinski definition) is 14. The van der Waals surface area contributed by atoms with Crippen LogP contribution in [0.5, 0.6) is 11.6 Å². The molecular formula is C31H39N11O5S. The van der Waals surface area contributed by atoms with Crippen LogP contribution in [0.1, 0.15) is 44.2 Å². The summed E-state index contributed by atoms with van der Waals surface area (Å²) in [6, 6.07) is 8.22. The summed E-state index contributed by atoms with van der Waals surface area (Å²) in [7, 11) is -3.21. The number of sulfone groups is 1. The molecule has 0 amide bonds. The van der Waals surface area contributed by atoms with Crippen molar-refractivity contribution in [1.29, 1.82) is 5.26 Å². The van der Waals surface area contributed by atoms with Crippen molar-refractivity contribution in [2.24, 2.45) is 0 Å². The van der Waals surface area contributed by atoms with Gasteiger partial charge < -0.3 is 19.5 Å². The van der Waals surface area contributed by atoms with E-state index in [0.717, 1.165) is 63.1 Å². The fraction of sp³-hybridized carbons (Fsp3) is 0.516. The number of nitrogens with zero attached hydrogens (tertiary/aromatic N) is 10. The summed E-state index contributed by atoms with van der Waals surface area (Å²) >= 11 is 0. The minimum Gasteiger partial charge on any atom is -0.487 e. The maximum absolute atomic E-state index is 11.7. The van der Waals surface area contributed by atoms with E-state index in [-0.39, 0.29) is 24.5 Å². The number of rotatable bonds is 13. The van der Waals surface area contributed by atoms with Crippen LogP contribution >= 0.6 is 0 Å². The van der Waals surface area contributed by atoms with Gasteiger partial charge in [-0.1, -0.05) is 6.07 Å². The molecule has 3 aromatic heterocycles. The molecule has 1 N–H and O–H groups in total. The molecular weight excluding hydrogens is 638 g/mol. The second-order valence-electron chi connectivity index (χ2n) is 12.1. The summed E-state index contributed by atoms with van der Waals surface area (Å²) in [6.45, 7) is 5.80. The number of morpholine rings is 1. The van der Waals surface area contributed by atoms with Crippen molar-refractivity contribution in [3.63, 3.8) is 0 Å². The molecule has 0 radical (unpaired) electrons. The van der Waals surface area contributed by atoms with Crippen LogP contribution < -0.4 is 14.8 Å². The summed E-state index contributed by atoms with van der Waals surface area (Å²) in [6.07, 6.45) is 11.7. The van der Waals surface area contributed by atoms with E-state index in [1.54, 1.807) is 29.2 Å². The van der Waals surface area contributed by atoms with Crippen molar-refractivity contribution in [2.45, 2.75) is 57.3 Å². The highest BCUT2D eigenvalue weighted by Crippen LogP contribution is 2.35. The Morgan fingerprint density at radius 1 is 1.10 bits per heavy atom. The zero-order chi connectivity index (χ0) is 33.5. The molecule has 2 aliphatic rings. The summed E-state index contributed by atoms with van der Waals surface area (Å²) in [5.74, 6) is 0.927. The summed E-state index contributed by atoms with van der Waals surface area (Å²) in [5, 5.41) is 28.7. The van der Waals surface area contributed by atoms with Crippen molar-refractivity contribution >= 4 is 21.5 Å². The summed E-state index contributed by atoms with van der Waals surface area (Å²) in [4.78, 5) is 11.6. The van der Waals surface area contributed by atoms with Crippen molar-refractivity contribution < 1.29 is 22.6 Å². The molecule has 17 heteroatoms. The Kier molecular flexibility index (Phi) is 10.4. The smallest absolute Gasteiger partial charge is 0.256 e. The van der Waals surface area contributed by atoms with Gasteiger partial charge >= 0.3 is 0 Å². The molecule has 0 spiro atoms. The Balaban J connectivity index is 1.15. The lowest BCUT2D eigenvalue weighted by molar-refractivity contribution is 0.00503. The first kappa shape index (κ1) is 33.2. The predicted molar refractivity (Wildman–Crippen MR) is 174 cm³/mol. The third-order valence-electron chi connectivity index (χ3n) is 8.49. The van der Waals surface area contributed by atoms with Crippen LogP contribution in [0.2, 0.25) is 0 Å². The van der Waals surface area contributed by atoms with Crippen LogP contribution in [0.15, 0.2) is 43.1 Å². The fourth-order valence-electron chi connectivity index (χ4n) is 6.01. The number of nitriles is 1. The molecule has 254 valence electrons. The standard InChI is InChI=1S/C31H39N11O5S/c1-22(19-41-21-35-38-39-41)47-29-15-23(3-4-24(29)16-32)25-17-33-31(34-18-25)36-28-20-42(37-30(28)46-13-14-48(2,43)44)27-7-5-26(6-8-27)40-9-11-45-12-10-40/h3-4,15,17-18,20-22,26-27H,5-14,19H2,1-2H3,(H,33,34,36)/t22-,26-,27-/m0/s1. The van der Waals surface area contributed by atoms with Gasteiger partial charge in [-0.15, -0.1) is 10.2 Å². The lowest BCUT2D eigenvalue weighted by Crippen LogP contribution is -2.45. The van der Waals surface area contributed by atoms with Crippen LogP contribution in [0.25, 0.3) is 11.1 Å². The van der Waals surface area contributed by atoms with Gasteiger partial charge in [0.1, 0.15) is 36.5 Å². The van der Waals surface area contributed by atoms with E-state index in [1.165, 1.54) is 12.6 Å². The topological polar surface area (TPSA) is 188 Å². The van der Waals surface area contributed by atoms with E-state index >= 15 is 0 Å². The Hall–Kier alpha value is -4.66. The zero-order valence-electron chi connectivity index (χ0n) is 27.0. The number of nitrogens with one attached hydrogen (secondary N) is 1. The SMILES string of the molecule is C[C@@H](Cn1cnnn1)Oc1cc(-c2cnc(Nc3cn([C@H]4CC[C@H](N5CCOCC5)CC4)nc3OCCS(C)(=O)=O)nc2)ccc1C#N. The average Bonchev–Trinajstić information content (AvgIpc) is 3.75. The Bertz CT molecular complexity index is 1800. The Morgan fingerprint density at radius 2 is 1.85 bits per heavy atom. The molecule has 4 aromatic rings. The number of ether oxygens (including phenoxy) is 3. The first-order valence-corrected chi connectivity index (χ1v) is 18.0. The van der Waals surface area contributed by atoms with E-state index in [0.29, 0.717) is 41.4 Å². The highest BCUT2D eigenvalue weighted by molar-refractivity contribution is 7.90. The Morgan fingerprint density at radius 3 is 2.54 bits per heavy atom. The molecule has 2 fully saturated rings. The lowest BCUT2D eigenvalue weighted by Gasteiger charge is -2.38. The summed E-state index contributed by atoms with van der Waals surface area (Å²) in [5.41, 5.74) is 2.45. The van der Waals surface area contributed by atoms with Crippen molar-refractivity contribution in [1.82, 2.24) is 44.9 Å². The fourth-order valence-corrected chi connectivity index (χ4v) is 6.40. The molecule has 1 aliphatic carbocycles. The third-order valence-corrected chi connectivity index (χ3v) is 9.40. The lowest BCUT2D eigenvalue weighted by atomic mass is 9.90. The number of aromatic nitrogens is 8. The largest absolute Gasteiger partial charge is 0.487 e. The number of tetrazole rings is 1. The van der Waals surface area contributed by atoms with Gasteiger partial charge in [0.2, 0.25) is 5.95 Å². The monoisotopic (exact) mass is 677 g/mol. The minimum atomic E-state index is -3.21. The zero-order valence-corrected chi connectivity index (χ0v) is 27.8. The molecule has 1 saturated carbocycles. The van der Waals surface area contributed by atoms with E-state index < -0.39 is 9.84 Å². The van der Waals surface area contributed by atoms with E-state index in [1.807, 2.05) is 23.9 Å². The van der Waals surface area contributed by atoms with Crippen molar-refractivity contribution in [3.8, 4) is 28.8 Å². The van der Waals surface area contributed by atoms with Crippen LogP contribution in [0, 0.1) is 11.3 Å². The number of benzene rings is 1. The third kappa shape index (κ3) is 8.62. The minimum absolute atomic E-state index is 0.0223. The van der Waals surface area contributed by atoms with Gasteiger partial charge in [0.15, 0.2) is 9.84 Å². The number of anilines is 2. The van der Waals surface area contributed by atoms with Crippen molar-refractivity contribution in [3.05, 3.63) is 48.7 Å². The molecule has 0 unspecified atom stereocenters. The van der Waals surface area contributed by atoms with E-state index in [2.05, 4.69) is 41.8 Å². The molecule has 6 rings (SSSR count). The van der Waals surface area contributed by atoms with Crippen LogP contribution in [-0.2, 0) is 21.1 Å². The second-order valence-corrected chi connectivity index (χ2v) is 14.4. The predicted octanol–water partition coefficient (Wildman–Crippen LogP) is 2.65. The van der Waals surface area contributed by atoms with Gasteiger partial charge in [-0.3, -0.25) is 9.58 Å². The number of hydrogen-bond donors (Lipinski definition) is 1. The normalized spacial score (nSPS) is 19.4. The van der Waals surface area contributed by atoms with Crippen LogP contribution in [0.3, 0.4) is 0 Å². The Labute approximate surface area is 278 Å². The highest BCUT2D eigenvalue weighted by atomic mass is 32.2. The van der Waals surface area contributed by atoms with Crippen LogP contribution in [-0.4, -0.2) is 110 Å². The van der Waals surface area contributed by atoms with Gasteiger partial charge in [0.05, 0.1) is 43.3 Å². The van der Waals surface area contributed by atoms with Crippen molar-refractivity contribution in [2.75, 3.05) is 50.2 Å². The quantitative estimate of drug-likeness (QED) is 0.217. The molecule has 0 bridgehead atoms. The first-order chi connectivity index (χ1) is 23.2. The van der Waals surface area contributed by atoms with Crippen LogP contribution in [0.4, 0.5) is 11.6 Å². The molecule has 1 aliphatic heterocycles. The first-order valence-electron chi connectivity index (χ1n) is 16.0. The summed E-state index contributed by atoms with van der Waals surface area (Å²) < 4.78 is 44.4. The van der Waals surface area contributed by atoms with Gasteiger partial charge in [-0.25, -0.2) is 23.1 Å². The molecule has 1 aromatic carbocycles. The highest BCUT2D eigenvalue weighted by Gasteiger charge is 2.29. The van der Waals surface area contributed by atoms with E-state index in [4.69, 9.17) is 19.3 Å². The van der Waals surface area contributed by atoms with Gasteiger partial charge in [0.25, 0.3) is 5.88 Å². The van der Waals surface area contributed by atoms with Gasteiger partial charge in [-0.2, -0.15) is 5.26 Å². The van der Waals surface area contributed by atoms with E-state index in [9.17, 15) is 13.7 Å². The second kappa shape index (κ2) is 15.0. The molecule has 48 heavy (non-hydrogen) atoms. The maximum Gasteiger partial charge on any atom is 0.256 e. The van der Waals surface area contributed by atoms with Gasteiger partial charge in [-0.05, 0) is 60.7 Å².